The van der Waals surface area contributed by atoms with Crippen LogP contribution in [-0.4, -0.2) is 28.4 Å². The maximum Gasteiger partial charge on any atom is 0.231 e. The van der Waals surface area contributed by atoms with E-state index in [0.717, 1.165) is 37.7 Å². The summed E-state index contributed by atoms with van der Waals surface area (Å²) in [6, 6.07) is 0. The highest BCUT2D eigenvalue weighted by molar-refractivity contribution is 6.07. The second-order valence-electron chi connectivity index (χ2n) is 17.6. The molecule has 0 aromatic carbocycles. The number of carbonyl (C=O) groups is 2. The molecule has 5 fully saturated rings. The predicted octanol–water partition coefficient (Wildman–Crippen LogP) is 7.63. The number of allylic oxidation sites excluding steroid dienone is 1. The fraction of sp³-hybridized carbons (Fsp3) is 0.889. The molecule has 6 rings (SSSR count). The highest BCUT2D eigenvalue weighted by Gasteiger charge is 2.71. The Hall–Kier alpha value is -1.16. The minimum Gasteiger partial charge on any atom is -0.393 e. The predicted molar refractivity (Wildman–Crippen MR) is 160 cm³/mol. The van der Waals surface area contributed by atoms with E-state index in [1.165, 1.54) is 37.7 Å². The van der Waals surface area contributed by atoms with Gasteiger partial charge in [0.15, 0.2) is 5.78 Å². The van der Waals surface area contributed by atoms with E-state index in [0.29, 0.717) is 30.1 Å². The van der Waals surface area contributed by atoms with Gasteiger partial charge in [-0.05, 0) is 140 Å². The molecule has 6 aliphatic rings. The lowest BCUT2D eigenvalue weighted by Crippen LogP contribution is -2.66. The summed E-state index contributed by atoms with van der Waals surface area (Å²) in [5.41, 5.74) is 1.80. The van der Waals surface area contributed by atoms with Gasteiger partial charge in [-0.25, -0.2) is 0 Å². The van der Waals surface area contributed by atoms with Crippen LogP contribution in [0, 0.1) is 56.7 Å². The van der Waals surface area contributed by atoms with Gasteiger partial charge in [0.1, 0.15) is 0 Å². The Morgan fingerprint density at radius 1 is 0.875 bits per heavy atom. The summed E-state index contributed by atoms with van der Waals surface area (Å²) in [6.45, 7) is 21.1. The molecule has 0 bridgehead atoms. The highest BCUT2D eigenvalue weighted by atomic mass is 16.3. The SMILES string of the molecule is CC(C)C1=C2[C@H]3CC[C@@H]4[C@@]5(C)CC[C@H](O)C(C)(C)[C@@H]5CC[C@@]4(C)[C@]3(C)CC[C@@]2(C(=O)NC(C)(C)C2CC2)CC1=O. The molecular weight excluding hydrogens is 494 g/mol. The normalized spacial score (nSPS) is 46.4. The van der Waals surface area contributed by atoms with E-state index in [4.69, 9.17) is 0 Å². The number of nitrogens with one attached hydrogen (secondary N) is 1. The summed E-state index contributed by atoms with van der Waals surface area (Å²) in [4.78, 5) is 28.2. The van der Waals surface area contributed by atoms with Crippen molar-refractivity contribution < 1.29 is 14.7 Å². The Morgan fingerprint density at radius 3 is 2.17 bits per heavy atom. The average molecular weight is 552 g/mol. The van der Waals surface area contributed by atoms with Crippen molar-refractivity contribution in [2.24, 2.45) is 56.7 Å². The number of aliphatic hydroxyl groups excluding tert-OH is 1. The molecule has 224 valence electrons. The van der Waals surface area contributed by atoms with Gasteiger partial charge in [0.25, 0.3) is 0 Å². The van der Waals surface area contributed by atoms with Crippen LogP contribution in [0.25, 0.3) is 0 Å². The minimum atomic E-state index is -0.658. The van der Waals surface area contributed by atoms with Crippen molar-refractivity contribution in [1.29, 1.82) is 0 Å². The number of carbonyl (C=O) groups excluding carboxylic acids is 2. The molecule has 0 aromatic heterocycles. The van der Waals surface area contributed by atoms with Crippen LogP contribution in [0.4, 0.5) is 0 Å². The largest absolute Gasteiger partial charge is 0.393 e. The lowest BCUT2D eigenvalue weighted by molar-refractivity contribution is -0.228. The molecule has 5 saturated carbocycles. The van der Waals surface area contributed by atoms with Crippen LogP contribution in [0.15, 0.2) is 11.1 Å². The molecule has 0 saturated heterocycles. The van der Waals surface area contributed by atoms with Crippen LogP contribution in [0.1, 0.15) is 133 Å². The van der Waals surface area contributed by atoms with Crippen LogP contribution in [0.5, 0.6) is 0 Å². The third kappa shape index (κ3) is 3.59. The van der Waals surface area contributed by atoms with E-state index in [2.05, 4.69) is 67.6 Å². The lowest BCUT2D eigenvalue weighted by Gasteiger charge is -2.72. The summed E-state index contributed by atoms with van der Waals surface area (Å²) >= 11 is 0. The molecular formula is C36H57NO3. The van der Waals surface area contributed by atoms with Gasteiger partial charge in [-0.1, -0.05) is 48.5 Å². The zero-order valence-corrected chi connectivity index (χ0v) is 27.0. The Balaban J connectivity index is 1.41. The molecule has 0 unspecified atom stereocenters. The molecule has 0 aromatic rings. The maximum absolute atomic E-state index is 14.4. The summed E-state index contributed by atoms with van der Waals surface area (Å²) in [5.74, 6) is 2.52. The van der Waals surface area contributed by atoms with Gasteiger partial charge in [0.2, 0.25) is 5.91 Å². The first-order valence-corrected chi connectivity index (χ1v) is 16.7. The Morgan fingerprint density at radius 2 is 1.55 bits per heavy atom. The third-order valence-corrected chi connectivity index (χ3v) is 14.9. The molecule has 0 heterocycles. The standard InChI is InChI=1S/C36H57NO3/c1-21(2)28-24(38)20-36(30(40)37-32(5,6)22-10-11-22)19-18-34(8)23(29(28)36)12-13-26-33(7)16-15-27(39)31(3,4)25(33)14-17-35(26,34)9/h21-23,25-27,39H,10-20H2,1-9H3,(H,37,40)/t23-,25+,26-,27+,33+,34-,35-,36-/m1/s1. The number of ketones is 1. The number of amides is 1. The van der Waals surface area contributed by atoms with E-state index >= 15 is 0 Å². The molecule has 0 radical (unpaired) electrons. The molecule has 2 N–H and O–H groups in total. The van der Waals surface area contributed by atoms with Crippen LogP contribution < -0.4 is 5.32 Å². The molecule has 4 heteroatoms. The fourth-order valence-corrected chi connectivity index (χ4v) is 12.2. The first kappa shape index (κ1) is 28.9. The van der Waals surface area contributed by atoms with Crippen molar-refractivity contribution in [1.82, 2.24) is 5.32 Å². The lowest BCUT2D eigenvalue weighted by atomic mass is 9.33. The average Bonchev–Trinajstić information content (AvgIpc) is 3.66. The van der Waals surface area contributed by atoms with E-state index in [9.17, 15) is 14.7 Å². The monoisotopic (exact) mass is 551 g/mol. The zero-order valence-electron chi connectivity index (χ0n) is 27.0. The van der Waals surface area contributed by atoms with Gasteiger partial charge in [0, 0.05) is 12.0 Å². The molecule has 1 amide bonds. The van der Waals surface area contributed by atoms with Crippen LogP contribution >= 0.6 is 0 Å². The van der Waals surface area contributed by atoms with Crippen molar-refractivity contribution in [2.45, 2.75) is 145 Å². The summed E-state index contributed by atoms with van der Waals surface area (Å²) in [5, 5.41) is 14.5. The van der Waals surface area contributed by atoms with Gasteiger partial charge >= 0.3 is 0 Å². The first-order valence-electron chi connectivity index (χ1n) is 16.7. The number of hydrogen-bond donors (Lipinski definition) is 2. The van der Waals surface area contributed by atoms with Crippen LogP contribution in [0.2, 0.25) is 0 Å². The van der Waals surface area contributed by atoms with E-state index in [1.54, 1.807) is 0 Å². The van der Waals surface area contributed by atoms with Crippen molar-refractivity contribution in [3.8, 4) is 0 Å². The van der Waals surface area contributed by atoms with E-state index in [1.807, 2.05) is 0 Å². The second kappa shape index (κ2) is 8.70. The van der Waals surface area contributed by atoms with Crippen LogP contribution in [-0.2, 0) is 9.59 Å². The van der Waals surface area contributed by atoms with Crippen LogP contribution in [0.3, 0.4) is 0 Å². The molecule has 0 aliphatic heterocycles. The van der Waals surface area contributed by atoms with E-state index < -0.39 is 5.41 Å². The minimum absolute atomic E-state index is 0.0501. The number of fused-ring (bicyclic) bond motifs is 7. The maximum atomic E-state index is 14.4. The van der Waals surface area contributed by atoms with Crippen molar-refractivity contribution in [3.63, 3.8) is 0 Å². The molecule has 6 aliphatic carbocycles. The smallest absolute Gasteiger partial charge is 0.231 e. The van der Waals surface area contributed by atoms with Crippen molar-refractivity contribution in [2.75, 3.05) is 0 Å². The molecule has 0 spiro atoms. The third-order valence-electron chi connectivity index (χ3n) is 14.9. The van der Waals surface area contributed by atoms with Crippen molar-refractivity contribution >= 4 is 11.7 Å². The fourth-order valence-electron chi connectivity index (χ4n) is 12.2. The number of rotatable bonds is 4. The van der Waals surface area contributed by atoms with Gasteiger partial charge in [-0.3, -0.25) is 9.59 Å². The van der Waals surface area contributed by atoms with Gasteiger partial charge < -0.3 is 10.4 Å². The van der Waals surface area contributed by atoms with Crippen molar-refractivity contribution in [3.05, 3.63) is 11.1 Å². The highest BCUT2D eigenvalue weighted by Crippen LogP contribution is 2.76. The van der Waals surface area contributed by atoms with Gasteiger partial charge in [0.05, 0.1) is 11.5 Å². The summed E-state index contributed by atoms with van der Waals surface area (Å²) in [7, 11) is 0. The quantitative estimate of drug-likeness (QED) is 0.377. The molecule has 8 atom stereocenters. The number of aliphatic hydroxyl groups is 1. The Kier molecular flexibility index (Phi) is 6.29. The Bertz CT molecular complexity index is 1140. The summed E-state index contributed by atoms with van der Waals surface area (Å²) < 4.78 is 0. The topological polar surface area (TPSA) is 66.4 Å². The van der Waals surface area contributed by atoms with E-state index in [-0.39, 0.29) is 50.9 Å². The number of hydrogen-bond acceptors (Lipinski definition) is 3. The summed E-state index contributed by atoms with van der Waals surface area (Å²) in [6.07, 6.45) is 11.0. The molecule has 40 heavy (non-hydrogen) atoms. The van der Waals surface area contributed by atoms with Gasteiger partial charge in [-0.15, -0.1) is 0 Å². The molecule has 4 nitrogen and oxygen atoms in total. The first-order chi connectivity index (χ1) is 18.5. The second-order valence-corrected chi connectivity index (χ2v) is 17.6. The number of Topliss-reactive ketones (excluding diaryl/α,β-unsaturated/α-hetero) is 1. The van der Waals surface area contributed by atoms with Gasteiger partial charge in [-0.2, -0.15) is 0 Å². The Labute approximate surface area is 243 Å². The zero-order chi connectivity index (χ0) is 29.3.